The molecule has 1 aromatic carbocycles. The molecule has 0 aliphatic heterocycles. The molecule has 1 saturated carbocycles. The molecule has 0 bridgehead atoms. The zero-order valence-corrected chi connectivity index (χ0v) is 12.3. The van der Waals surface area contributed by atoms with Crippen molar-refractivity contribution in [1.29, 1.82) is 0 Å². The fourth-order valence-corrected chi connectivity index (χ4v) is 2.79. The summed E-state index contributed by atoms with van der Waals surface area (Å²) in [6.07, 6.45) is -0.317. The van der Waals surface area contributed by atoms with Gasteiger partial charge in [-0.05, 0) is 37.1 Å². The first kappa shape index (κ1) is 15.6. The molecule has 0 radical (unpaired) electrons. The van der Waals surface area contributed by atoms with Crippen LogP contribution in [0.25, 0.3) is 11.3 Å². The van der Waals surface area contributed by atoms with Crippen LogP contribution in [0.3, 0.4) is 0 Å². The topological polar surface area (TPSA) is 42.2 Å². The number of carbonyl (C=O) groups excluding carboxylic acids is 1. The zero-order valence-electron chi connectivity index (χ0n) is 12.3. The summed E-state index contributed by atoms with van der Waals surface area (Å²) in [5.74, 6) is 0.0344. The number of amides is 1. The monoisotopic (exact) mass is 323 g/mol. The maximum absolute atomic E-state index is 12.7. The molecule has 122 valence electrons. The number of hydrogen-bond donors (Lipinski definition) is 1. The van der Waals surface area contributed by atoms with Crippen molar-refractivity contribution in [2.75, 3.05) is 0 Å². The third kappa shape index (κ3) is 3.57. The van der Waals surface area contributed by atoms with Gasteiger partial charge in [-0.15, -0.1) is 0 Å². The van der Waals surface area contributed by atoms with E-state index in [0.717, 1.165) is 37.8 Å². The Morgan fingerprint density at radius 2 is 1.87 bits per heavy atom. The van der Waals surface area contributed by atoms with Crippen molar-refractivity contribution in [1.82, 2.24) is 5.32 Å². The molecule has 3 nitrogen and oxygen atoms in total. The molecule has 2 aromatic rings. The summed E-state index contributed by atoms with van der Waals surface area (Å²) >= 11 is 0. The Hall–Kier alpha value is -2.24. The van der Waals surface area contributed by atoms with Crippen LogP contribution in [0.2, 0.25) is 0 Å². The van der Waals surface area contributed by atoms with E-state index in [4.69, 9.17) is 4.42 Å². The van der Waals surface area contributed by atoms with Gasteiger partial charge in [0.05, 0.1) is 5.56 Å². The lowest BCUT2D eigenvalue weighted by molar-refractivity contribution is -0.137. The molecule has 23 heavy (non-hydrogen) atoms. The summed E-state index contributed by atoms with van der Waals surface area (Å²) in [5.41, 5.74) is -0.455. The minimum atomic E-state index is -4.41. The lowest BCUT2D eigenvalue weighted by atomic mass is 10.1. The van der Waals surface area contributed by atoms with Gasteiger partial charge >= 0.3 is 6.18 Å². The van der Waals surface area contributed by atoms with E-state index in [1.165, 1.54) is 24.3 Å². The van der Waals surface area contributed by atoms with Crippen molar-refractivity contribution >= 4 is 5.91 Å². The van der Waals surface area contributed by atoms with Crippen molar-refractivity contribution in [2.45, 2.75) is 37.9 Å². The number of nitrogens with one attached hydrogen (secondary N) is 1. The van der Waals surface area contributed by atoms with Crippen LogP contribution in [0.4, 0.5) is 13.2 Å². The van der Waals surface area contributed by atoms with Crippen LogP contribution in [0, 0.1) is 0 Å². The number of rotatable bonds is 3. The first-order valence-electron chi connectivity index (χ1n) is 7.52. The average molecular weight is 323 g/mol. The largest absolute Gasteiger partial charge is 0.451 e. The number of halogens is 3. The Morgan fingerprint density at radius 1 is 1.13 bits per heavy atom. The first-order valence-corrected chi connectivity index (χ1v) is 7.52. The molecule has 0 spiro atoms. The highest BCUT2D eigenvalue weighted by molar-refractivity contribution is 5.92. The average Bonchev–Trinajstić information content (AvgIpc) is 3.17. The molecule has 6 heteroatoms. The van der Waals surface area contributed by atoms with Crippen molar-refractivity contribution in [3.05, 3.63) is 47.7 Å². The van der Waals surface area contributed by atoms with Crippen LogP contribution in [0.15, 0.2) is 40.8 Å². The highest BCUT2D eigenvalue weighted by Crippen LogP contribution is 2.32. The van der Waals surface area contributed by atoms with Crippen LogP contribution in [0.1, 0.15) is 41.8 Å². The second kappa shape index (κ2) is 6.10. The summed E-state index contributed by atoms with van der Waals surface area (Å²) in [4.78, 5) is 12.1. The normalized spacial score (nSPS) is 15.8. The number of hydrogen-bond acceptors (Lipinski definition) is 2. The highest BCUT2D eigenvalue weighted by atomic mass is 19.4. The minimum Gasteiger partial charge on any atom is -0.451 e. The zero-order chi connectivity index (χ0) is 16.4. The Balaban J connectivity index is 1.77. The van der Waals surface area contributed by atoms with Gasteiger partial charge in [0.1, 0.15) is 5.76 Å². The second-order valence-electron chi connectivity index (χ2n) is 5.70. The van der Waals surface area contributed by atoms with E-state index in [1.807, 2.05) is 0 Å². The first-order chi connectivity index (χ1) is 10.9. The standard InChI is InChI=1S/C17H16F3NO2/c18-17(19,20)12-5-3-4-11(10-12)14-8-9-15(23-14)16(22)21-13-6-1-2-7-13/h3-5,8-10,13H,1-2,6-7H2,(H,21,22). The molecule has 0 atom stereocenters. The Bertz CT molecular complexity index is 700. The molecule has 1 aliphatic carbocycles. The van der Waals surface area contributed by atoms with Crippen molar-refractivity contribution < 1.29 is 22.4 Å². The summed E-state index contributed by atoms with van der Waals surface area (Å²) in [6, 6.07) is 8.01. The number of alkyl halides is 3. The lowest BCUT2D eigenvalue weighted by Gasteiger charge is -2.10. The Morgan fingerprint density at radius 3 is 2.57 bits per heavy atom. The molecule has 1 N–H and O–H groups in total. The maximum Gasteiger partial charge on any atom is 0.416 e. The second-order valence-corrected chi connectivity index (χ2v) is 5.70. The van der Waals surface area contributed by atoms with Gasteiger partial charge < -0.3 is 9.73 Å². The van der Waals surface area contributed by atoms with Crippen LogP contribution in [0.5, 0.6) is 0 Å². The summed E-state index contributed by atoms with van der Waals surface area (Å²) < 4.78 is 43.7. The molecule has 1 aliphatic rings. The predicted octanol–water partition coefficient (Wildman–Crippen LogP) is 4.64. The van der Waals surface area contributed by atoms with Gasteiger partial charge in [0.15, 0.2) is 5.76 Å². The van der Waals surface area contributed by atoms with Crippen LogP contribution in [-0.2, 0) is 6.18 Å². The SMILES string of the molecule is O=C(NC1CCCC1)c1ccc(-c2cccc(C(F)(F)F)c2)o1. The molecule has 3 rings (SSSR count). The van der Waals surface area contributed by atoms with E-state index >= 15 is 0 Å². The Labute approximate surface area is 131 Å². The fraction of sp³-hybridized carbons (Fsp3) is 0.353. The molecule has 1 heterocycles. The summed E-state index contributed by atoms with van der Waals surface area (Å²) in [6.45, 7) is 0. The molecular weight excluding hydrogens is 307 g/mol. The number of benzene rings is 1. The molecule has 1 aromatic heterocycles. The molecular formula is C17H16F3NO2. The summed E-state index contributed by atoms with van der Waals surface area (Å²) in [7, 11) is 0. The third-order valence-electron chi connectivity index (χ3n) is 3.99. The number of carbonyl (C=O) groups is 1. The fourth-order valence-electron chi connectivity index (χ4n) is 2.79. The van der Waals surface area contributed by atoms with Crippen LogP contribution < -0.4 is 5.32 Å². The molecule has 0 saturated heterocycles. The van der Waals surface area contributed by atoms with Gasteiger partial charge in [0, 0.05) is 11.6 Å². The minimum absolute atomic E-state index is 0.115. The summed E-state index contributed by atoms with van der Waals surface area (Å²) in [5, 5.41) is 2.88. The van der Waals surface area contributed by atoms with Gasteiger partial charge in [0.25, 0.3) is 5.91 Å². The molecule has 1 fully saturated rings. The van der Waals surface area contributed by atoms with Gasteiger partial charge in [-0.25, -0.2) is 0 Å². The number of furan rings is 1. The van der Waals surface area contributed by atoms with Crippen molar-refractivity contribution in [2.24, 2.45) is 0 Å². The van der Waals surface area contributed by atoms with Gasteiger partial charge in [0.2, 0.25) is 0 Å². The van der Waals surface area contributed by atoms with Gasteiger partial charge in [-0.1, -0.05) is 25.0 Å². The van der Waals surface area contributed by atoms with Crippen LogP contribution in [-0.4, -0.2) is 11.9 Å². The van der Waals surface area contributed by atoms with E-state index in [0.29, 0.717) is 5.56 Å². The van der Waals surface area contributed by atoms with Gasteiger partial charge in [-0.3, -0.25) is 4.79 Å². The van der Waals surface area contributed by atoms with Crippen molar-refractivity contribution in [3.8, 4) is 11.3 Å². The molecule has 0 unspecified atom stereocenters. The van der Waals surface area contributed by atoms with E-state index in [2.05, 4.69) is 5.32 Å². The molecule has 1 amide bonds. The quantitative estimate of drug-likeness (QED) is 0.894. The van der Waals surface area contributed by atoms with E-state index in [1.54, 1.807) is 0 Å². The lowest BCUT2D eigenvalue weighted by Crippen LogP contribution is -2.32. The highest BCUT2D eigenvalue weighted by Gasteiger charge is 2.30. The van der Waals surface area contributed by atoms with Gasteiger partial charge in [-0.2, -0.15) is 13.2 Å². The maximum atomic E-state index is 12.7. The van der Waals surface area contributed by atoms with E-state index in [-0.39, 0.29) is 23.5 Å². The predicted molar refractivity (Wildman–Crippen MR) is 78.9 cm³/mol. The van der Waals surface area contributed by atoms with E-state index < -0.39 is 11.7 Å². The van der Waals surface area contributed by atoms with Crippen LogP contribution >= 0.6 is 0 Å². The van der Waals surface area contributed by atoms with Crippen molar-refractivity contribution in [3.63, 3.8) is 0 Å². The smallest absolute Gasteiger partial charge is 0.416 e. The van der Waals surface area contributed by atoms with E-state index in [9.17, 15) is 18.0 Å². The Kier molecular flexibility index (Phi) is 4.15. The third-order valence-corrected chi connectivity index (χ3v) is 3.99.